The number of amides is 4. The average Bonchev–Trinajstić information content (AvgIpc) is 4.12. The van der Waals surface area contributed by atoms with Gasteiger partial charge in [-0.05, 0) is 76.6 Å². The minimum Gasteiger partial charge on any atom is -0.453 e. The number of aromatic nitrogens is 4. The SMILES string of the molecule is CC[C@@H]1CC(C)[C@@H](c2ncc(-c3ccc(-c4ccc5cc(-c6cnc([C@@H]7C[C@H](C#N)CN7C(=O)[C@@H](NC(=O)OC)C(C)C)[nH]6)ccc5c4)cc3)[nH]2)N1C(=O)[C@@H](NC(=O)OC)C(C)C. The molecule has 0 saturated carbocycles. The van der Waals surface area contributed by atoms with Crippen LogP contribution in [0.25, 0.3) is 44.4 Å². The van der Waals surface area contributed by atoms with Crippen LogP contribution in [0.15, 0.2) is 73.1 Å². The number of nitriles is 1. The highest BCUT2D eigenvalue weighted by molar-refractivity contribution is 5.91. The number of ether oxygens (including phenoxy) is 2. The van der Waals surface area contributed by atoms with Crippen LogP contribution in [0.1, 0.15) is 84.5 Å². The maximum absolute atomic E-state index is 14.1. The lowest BCUT2D eigenvalue weighted by Gasteiger charge is -2.34. The number of H-pyrrole nitrogens is 2. The van der Waals surface area contributed by atoms with Gasteiger partial charge in [0.1, 0.15) is 23.7 Å². The Bertz CT molecular complexity index is 2500. The van der Waals surface area contributed by atoms with Crippen molar-refractivity contribution in [1.82, 2.24) is 40.4 Å². The number of methoxy groups -OCH3 is 2. The molecule has 330 valence electrons. The Hall–Kier alpha value is -6.69. The summed E-state index contributed by atoms with van der Waals surface area (Å²) in [6.07, 6.45) is 4.32. The van der Waals surface area contributed by atoms with Crippen molar-refractivity contribution in [3.05, 3.63) is 84.7 Å². The van der Waals surface area contributed by atoms with Gasteiger partial charge in [0, 0.05) is 18.2 Å². The molecule has 5 aromatic rings. The molecular weight excluding hydrogens is 799 g/mol. The second-order valence-corrected chi connectivity index (χ2v) is 17.5. The molecule has 0 aliphatic carbocycles. The number of aromatic amines is 2. The molecule has 63 heavy (non-hydrogen) atoms. The van der Waals surface area contributed by atoms with Gasteiger partial charge in [0.2, 0.25) is 11.8 Å². The summed E-state index contributed by atoms with van der Waals surface area (Å²) in [5, 5.41) is 17.3. The van der Waals surface area contributed by atoms with Gasteiger partial charge in [-0.25, -0.2) is 19.6 Å². The van der Waals surface area contributed by atoms with Crippen molar-refractivity contribution in [2.75, 3.05) is 20.8 Å². The number of hydrogen-bond acceptors (Lipinski definition) is 9. The molecule has 0 bridgehead atoms. The highest BCUT2D eigenvalue weighted by atomic mass is 16.5. The number of carbonyl (C=O) groups excluding carboxylic acids is 4. The molecule has 2 aromatic heterocycles. The molecule has 1 unspecified atom stereocenters. The lowest BCUT2D eigenvalue weighted by Crippen LogP contribution is -2.53. The van der Waals surface area contributed by atoms with E-state index in [0.717, 1.165) is 63.1 Å². The van der Waals surface area contributed by atoms with E-state index in [2.05, 4.69) is 100 Å². The van der Waals surface area contributed by atoms with Crippen molar-refractivity contribution in [3.8, 4) is 39.7 Å². The van der Waals surface area contributed by atoms with E-state index < -0.39 is 30.3 Å². The van der Waals surface area contributed by atoms with E-state index in [9.17, 15) is 24.4 Å². The molecule has 0 spiro atoms. The molecule has 2 aliphatic rings. The molecule has 2 saturated heterocycles. The average molecular weight is 856 g/mol. The number of carbonyl (C=O) groups is 4. The largest absolute Gasteiger partial charge is 0.453 e. The molecule has 2 fully saturated rings. The molecule has 3 aromatic carbocycles. The summed E-state index contributed by atoms with van der Waals surface area (Å²) in [6, 6.07) is 21.0. The third-order valence-corrected chi connectivity index (χ3v) is 12.6. The van der Waals surface area contributed by atoms with Gasteiger partial charge in [-0.15, -0.1) is 0 Å². The van der Waals surface area contributed by atoms with E-state index >= 15 is 0 Å². The Morgan fingerprint density at radius 3 is 1.87 bits per heavy atom. The maximum Gasteiger partial charge on any atom is 0.407 e. The van der Waals surface area contributed by atoms with Gasteiger partial charge >= 0.3 is 12.2 Å². The first-order valence-corrected chi connectivity index (χ1v) is 21.7. The lowest BCUT2D eigenvalue weighted by atomic mass is 9.98. The fraction of sp³-hybridized carbons (Fsp3) is 0.438. The number of nitrogens with one attached hydrogen (secondary N) is 4. The van der Waals surface area contributed by atoms with E-state index in [1.54, 1.807) is 11.1 Å². The minimum atomic E-state index is -0.811. The Labute approximate surface area is 368 Å². The molecule has 4 amide bonds. The maximum atomic E-state index is 14.1. The molecular formula is C48H57N9O6. The zero-order valence-electron chi connectivity index (χ0n) is 37.1. The number of rotatable bonds is 12. The fourth-order valence-electron chi connectivity index (χ4n) is 9.15. The standard InChI is InChI=1S/C48H57N9O6/c1-9-36-18-28(6)42(57(36)46(59)41(27(4)5)55-48(61)63-8)44-51-23-37(53-44)31-12-10-30(11-13-31)32-14-15-34-21-35(17-16-33(34)20-32)38-24-50-43(52-38)39-19-29(22-49)25-56(39)45(58)40(26(2)3)54-47(60)62-7/h10-17,20-21,23-24,26-29,36,39-42H,9,18-19,25H2,1-8H3,(H,50,52)(H,51,53)(H,54,60)(H,55,61)/t28?,29-,36-,39+,40+,41+,42+/m1/s1. The number of alkyl carbamates (subject to hydrolysis) is 2. The summed E-state index contributed by atoms with van der Waals surface area (Å²) in [5.74, 6) is 0.354. The van der Waals surface area contributed by atoms with Crippen LogP contribution in [0.2, 0.25) is 0 Å². The number of hydrogen-bond donors (Lipinski definition) is 4. The van der Waals surface area contributed by atoms with E-state index in [1.807, 2.05) is 44.9 Å². The lowest BCUT2D eigenvalue weighted by molar-refractivity contribution is -0.138. The summed E-state index contributed by atoms with van der Waals surface area (Å²) in [6.45, 7) is 12.0. The van der Waals surface area contributed by atoms with Gasteiger partial charge in [-0.2, -0.15) is 5.26 Å². The Balaban J connectivity index is 1.06. The van der Waals surface area contributed by atoms with Crippen LogP contribution in [-0.4, -0.2) is 92.6 Å². The van der Waals surface area contributed by atoms with Crippen LogP contribution in [-0.2, 0) is 19.1 Å². The Kier molecular flexibility index (Phi) is 13.2. The fourth-order valence-corrected chi connectivity index (χ4v) is 9.15. The number of imidazole rings is 2. The van der Waals surface area contributed by atoms with Crippen LogP contribution in [0.4, 0.5) is 9.59 Å². The molecule has 4 heterocycles. The molecule has 15 nitrogen and oxygen atoms in total. The van der Waals surface area contributed by atoms with Crippen molar-refractivity contribution in [1.29, 1.82) is 5.26 Å². The third kappa shape index (κ3) is 9.12. The predicted molar refractivity (Wildman–Crippen MR) is 239 cm³/mol. The van der Waals surface area contributed by atoms with Crippen molar-refractivity contribution in [3.63, 3.8) is 0 Å². The zero-order chi connectivity index (χ0) is 45.1. The number of nitrogens with zero attached hydrogens (tertiary/aromatic N) is 5. The van der Waals surface area contributed by atoms with E-state index in [0.29, 0.717) is 12.2 Å². The summed E-state index contributed by atoms with van der Waals surface area (Å²) in [7, 11) is 2.55. The number of likely N-dealkylation sites (tertiary alicyclic amines) is 2. The van der Waals surface area contributed by atoms with Crippen LogP contribution >= 0.6 is 0 Å². The second kappa shape index (κ2) is 18.7. The van der Waals surface area contributed by atoms with Gasteiger partial charge < -0.3 is 39.9 Å². The molecule has 7 rings (SSSR count). The van der Waals surface area contributed by atoms with E-state index in [1.165, 1.54) is 14.2 Å². The van der Waals surface area contributed by atoms with Crippen molar-refractivity contribution >= 4 is 34.8 Å². The summed E-state index contributed by atoms with van der Waals surface area (Å²) < 4.78 is 9.60. The third-order valence-electron chi connectivity index (χ3n) is 12.6. The molecule has 7 atom stereocenters. The molecule has 4 N–H and O–H groups in total. The smallest absolute Gasteiger partial charge is 0.407 e. The van der Waals surface area contributed by atoms with Gasteiger partial charge in [-0.1, -0.05) is 90.1 Å². The summed E-state index contributed by atoms with van der Waals surface area (Å²) >= 11 is 0. The first-order valence-electron chi connectivity index (χ1n) is 21.7. The summed E-state index contributed by atoms with van der Waals surface area (Å²) in [4.78, 5) is 72.1. The number of fused-ring (bicyclic) bond motifs is 1. The quantitative estimate of drug-likeness (QED) is 0.0957. The summed E-state index contributed by atoms with van der Waals surface area (Å²) in [5.41, 5.74) is 5.66. The van der Waals surface area contributed by atoms with Gasteiger partial charge in [0.15, 0.2) is 0 Å². The van der Waals surface area contributed by atoms with Crippen LogP contribution < -0.4 is 10.6 Å². The first kappa shape index (κ1) is 44.4. The van der Waals surface area contributed by atoms with Crippen LogP contribution in [0.5, 0.6) is 0 Å². The van der Waals surface area contributed by atoms with E-state index in [4.69, 9.17) is 14.5 Å². The van der Waals surface area contributed by atoms with Crippen molar-refractivity contribution in [2.24, 2.45) is 23.7 Å². The zero-order valence-corrected chi connectivity index (χ0v) is 37.1. The van der Waals surface area contributed by atoms with Crippen molar-refractivity contribution < 1.29 is 28.7 Å². The first-order chi connectivity index (χ1) is 30.2. The van der Waals surface area contributed by atoms with Gasteiger partial charge in [-0.3, -0.25) is 9.59 Å². The monoisotopic (exact) mass is 855 g/mol. The normalized spacial score (nSPS) is 20.7. The second-order valence-electron chi connectivity index (χ2n) is 17.5. The molecule has 0 radical (unpaired) electrons. The Morgan fingerprint density at radius 1 is 0.762 bits per heavy atom. The van der Waals surface area contributed by atoms with E-state index in [-0.39, 0.29) is 54.1 Å². The predicted octanol–water partition coefficient (Wildman–Crippen LogP) is 8.15. The van der Waals surface area contributed by atoms with Gasteiger partial charge in [0.25, 0.3) is 0 Å². The van der Waals surface area contributed by atoms with Crippen LogP contribution in [0, 0.1) is 35.0 Å². The number of benzene rings is 3. The highest BCUT2D eigenvalue weighted by Crippen LogP contribution is 2.42. The Morgan fingerprint density at radius 2 is 1.29 bits per heavy atom. The highest BCUT2D eigenvalue weighted by Gasteiger charge is 2.46. The van der Waals surface area contributed by atoms with Crippen molar-refractivity contribution in [2.45, 2.75) is 91.0 Å². The van der Waals surface area contributed by atoms with Gasteiger partial charge in [0.05, 0.1) is 62.1 Å². The minimum absolute atomic E-state index is 0.0200. The molecule has 2 aliphatic heterocycles. The molecule has 15 heteroatoms. The topological polar surface area (TPSA) is 198 Å². The van der Waals surface area contributed by atoms with Crippen LogP contribution in [0.3, 0.4) is 0 Å².